The van der Waals surface area contributed by atoms with Gasteiger partial charge in [-0.15, -0.1) is 4.40 Å². The molecule has 20 heavy (non-hydrogen) atoms. The van der Waals surface area contributed by atoms with Gasteiger partial charge in [0, 0.05) is 0 Å². The number of rotatable bonds is 2. The van der Waals surface area contributed by atoms with Crippen molar-refractivity contribution in [2.75, 3.05) is 6.61 Å². The fraction of sp³-hybridized carbons (Fsp3) is 0.231. The molecule has 3 aromatic rings. The molecule has 2 aromatic heterocycles. The first-order valence-electron chi connectivity index (χ1n) is 6.20. The number of hydrogen-bond acceptors (Lipinski definition) is 4. The SMILES string of the molecule is CCOC(=O)c1nc2ccccc2n2c(=O)[nH][n+](C)c12. The number of H-pyrrole nitrogens is 1. The Morgan fingerprint density at radius 1 is 1.45 bits per heavy atom. The number of esters is 1. The van der Waals surface area contributed by atoms with Gasteiger partial charge in [0.05, 0.1) is 6.61 Å². The van der Waals surface area contributed by atoms with Gasteiger partial charge >= 0.3 is 17.3 Å². The summed E-state index contributed by atoms with van der Waals surface area (Å²) in [5.74, 6) is -0.551. The van der Waals surface area contributed by atoms with E-state index in [1.165, 1.54) is 9.08 Å². The second-order valence-corrected chi connectivity index (χ2v) is 4.30. The lowest BCUT2D eigenvalue weighted by atomic mass is 10.3. The number of hydrogen-bond donors (Lipinski definition) is 1. The van der Waals surface area contributed by atoms with Gasteiger partial charge in [-0.25, -0.2) is 14.6 Å². The first kappa shape index (κ1) is 12.3. The van der Waals surface area contributed by atoms with Crippen LogP contribution in [0, 0.1) is 0 Å². The third-order valence-electron chi connectivity index (χ3n) is 3.03. The molecule has 0 unspecified atom stereocenters. The molecule has 2 heterocycles. The third-order valence-corrected chi connectivity index (χ3v) is 3.03. The number of fused-ring (bicyclic) bond motifs is 3. The molecule has 0 amide bonds. The molecule has 0 saturated carbocycles. The van der Waals surface area contributed by atoms with Crippen molar-refractivity contribution < 1.29 is 14.2 Å². The molecule has 1 N–H and O–H groups in total. The molecule has 1 aromatic carbocycles. The molecule has 0 aliphatic heterocycles. The van der Waals surface area contributed by atoms with E-state index in [1.807, 2.05) is 6.07 Å². The van der Waals surface area contributed by atoms with Crippen LogP contribution in [0.1, 0.15) is 17.4 Å². The van der Waals surface area contributed by atoms with E-state index >= 15 is 0 Å². The van der Waals surface area contributed by atoms with Gasteiger partial charge in [-0.2, -0.15) is 9.78 Å². The predicted octanol–water partition coefficient (Wildman–Crippen LogP) is 0.177. The van der Waals surface area contributed by atoms with E-state index in [0.29, 0.717) is 16.7 Å². The van der Waals surface area contributed by atoms with Gasteiger partial charge < -0.3 is 4.74 Å². The largest absolute Gasteiger partial charge is 0.461 e. The number of aromatic amines is 1. The molecule has 0 aliphatic rings. The van der Waals surface area contributed by atoms with E-state index in [2.05, 4.69) is 10.1 Å². The van der Waals surface area contributed by atoms with Crippen molar-refractivity contribution in [1.82, 2.24) is 14.5 Å². The van der Waals surface area contributed by atoms with Crippen LogP contribution < -0.4 is 10.4 Å². The minimum Gasteiger partial charge on any atom is -0.461 e. The Hall–Kier alpha value is -2.70. The second kappa shape index (κ2) is 4.44. The molecule has 0 bridgehead atoms. The highest BCUT2D eigenvalue weighted by molar-refractivity contribution is 5.95. The Morgan fingerprint density at radius 2 is 2.20 bits per heavy atom. The average Bonchev–Trinajstić information content (AvgIpc) is 2.74. The Balaban J connectivity index is 2.49. The highest BCUT2D eigenvalue weighted by atomic mass is 16.5. The maximum Gasteiger partial charge on any atom is 0.449 e. The van der Waals surface area contributed by atoms with Crippen LogP contribution in [-0.2, 0) is 11.8 Å². The molecule has 7 nitrogen and oxygen atoms in total. The zero-order valence-corrected chi connectivity index (χ0v) is 11.1. The molecule has 0 atom stereocenters. The molecular formula is C13H13N4O3+. The number of ether oxygens (including phenoxy) is 1. The van der Waals surface area contributed by atoms with Crippen molar-refractivity contribution in [3.63, 3.8) is 0 Å². The normalized spacial score (nSPS) is 11.1. The summed E-state index contributed by atoms with van der Waals surface area (Å²) in [6.45, 7) is 1.97. The summed E-state index contributed by atoms with van der Waals surface area (Å²) >= 11 is 0. The van der Waals surface area contributed by atoms with Gasteiger partial charge in [0.15, 0.2) is 5.52 Å². The number of nitrogens with one attached hydrogen (secondary N) is 1. The van der Waals surface area contributed by atoms with Crippen molar-refractivity contribution in [3.05, 3.63) is 40.4 Å². The van der Waals surface area contributed by atoms with Crippen molar-refractivity contribution in [2.45, 2.75) is 6.92 Å². The Labute approximate surface area is 113 Å². The number of carbonyl (C=O) groups is 1. The lowest BCUT2D eigenvalue weighted by molar-refractivity contribution is -0.705. The Bertz CT molecular complexity index is 878. The molecule has 0 aliphatic carbocycles. The molecule has 0 radical (unpaired) electrons. The minimum absolute atomic E-state index is 0.117. The molecule has 0 saturated heterocycles. The van der Waals surface area contributed by atoms with Gasteiger partial charge in [0.25, 0.3) is 0 Å². The molecule has 7 heteroatoms. The van der Waals surface area contributed by atoms with E-state index < -0.39 is 5.97 Å². The van der Waals surface area contributed by atoms with Crippen LogP contribution in [0.25, 0.3) is 16.7 Å². The number of benzene rings is 1. The molecule has 3 rings (SSSR count). The summed E-state index contributed by atoms with van der Waals surface area (Å²) in [6, 6.07) is 7.14. The van der Waals surface area contributed by atoms with Crippen LogP contribution in [0.4, 0.5) is 0 Å². The van der Waals surface area contributed by atoms with Crippen molar-refractivity contribution in [2.24, 2.45) is 7.05 Å². The number of carbonyl (C=O) groups excluding carboxylic acids is 1. The van der Waals surface area contributed by atoms with Crippen LogP contribution in [0.5, 0.6) is 0 Å². The zero-order valence-electron chi connectivity index (χ0n) is 11.1. The van der Waals surface area contributed by atoms with Gasteiger partial charge in [0.1, 0.15) is 12.6 Å². The van der Waals surface area contributed by atoms with E-state index in [9.17, 15) is 9.59 Å². The highest BCUT2D eigenvalue weighted by Crippen LogP contribution is 2.14. The van der Waals surface area contributed by atoms with Crippen LogP contribution in [0.2, 0.25) is 0 Å². The van der Waals surface area contributed by atoms with Crippen molar-refractivity contribution >= 4 is 22.6 Å². The number of para-hydroxylation sites is 2. The minimum atomic E-state index is -0.551. The van der Waals surface area contributed by atoms with Gasteiger partial charge in [-0.3, -0.25) is 0 Å². The van der Waals surface area contributed by atoms with E-state index in [1.54, 1.807) is 32.2 Å². The summed E-state index contributed by atoms with van der Waals surface area (Å²) in [4.78, 5) is 28.4. The van der Waals surface area contributed by atoms with Gasteiger partial charge in [-0.05, 0) is 19.1 Å². The number of aromatic nitrogens is 4. The monoisotopic (exact) mass is 273 g/mol. The lowest BCUT2D eigenvalue weighted by Gasteiger charge is -2.02. The molecule has 102 valence electrons. The smallest absolute Gasteiger partial charge is 0.449 e. The molecule has 0 fully saturated rings. The summed E-state index contributed by atoms with van der Waals surface area (Å²) < 4.78 is 7.90. The van der Waals surface area contributed by atoms with E-state index in [0.717, 1.165) is 0 Å². The van der Waals surface area contributed by atoms with Gasteiger partial charge in [-0.1, -0.05) is 12.1 Å². The van der Waals surface area contributed by atoms with Crippen LogP contribution in [0.15, 0.2) is 29.1 Å². The predicted molar refractivity (Wildman–Crippen MR) is 70.5 cm³/mol. The highest BCUT2D eigenvalue weighted by Gasteiger charge is 2.27. The summed E-state index contributed by atoms with van der Waals surface area (Å²) in [5, 5.41) is 2.62. The third kappa shape index (κ3) is 1.67. The fourth-order valence-corrected chi connectivity index (χ4v) is 2.24. The average molecular weight is 273 g/mol. The number of aryl methyl sites for hydroxylation is 1. The second-order valence-electron chi connectivity index (χ2n) is 4.30. The van der Waals surface area contributed by atoms with Gasteiger partial charge in [0.2, 0.25) is 5.69 Å². The van der Waals surface area contributed by atoms with E-state index in [-0.39, 0.29) is 18.0 Å². The first-order valence-corrected chi connectivity index (χ1v) is 6.20. The number of nitrogens with zero attached hydrogens (tertiary/aromatic N) is 3. The Morgan fingerprint density at radius 3 is 2.95 bits per heavy atom. The topological polar surface area (TPSA) is 80.3 Å². The van der Waals surface area contributed by atoms with Crippen LogP contribution in [0.3, 0.4) is 0 Å². The van der Waals surface area contributed by atoms with E-state index in [4.69, 9.17) is 4.74 Å². The zero-order chi connectivity index (χ0) is 14.3. The van der Waals surface area contributed by atoms with Crippen molar-refractivity contribution in [1.29, 1.82) is 0 Å². The lowest BCUT2D eigenvalue weighted by Crippen LogP contribution is -2.34. The van der Waals surface area contributed by atoms with Crippen molar-refractivity contribution in [3.8, 4) is 0 Å². The summed E-state index contributed by atoms with van der Waals surface area (Å²) in [6.07, 6.45) is 0. The molecular weight excluding hydrogens is 260 g/mol. The maximum atomic E-state index is 12.1. The quantitative estimate of drug-likeness (QED) is 0.533. The standard InChI is InChI=1S/C13H12N4O3/c1-3-20-12(18)10-11-16(2)15-13(19)17(11)9-7-5-4-6-8(9)14-10/h4-7H,3H2,1-2H3/p+1. The van der Waals surface area contributed by atoms with Crippen LogP contribution in [-0.4, -0.2) is 27.1 Å². The maximum absolute atomic E-state index is 12.1. The Kier molecular flexibility index (Phi) is 2.74. The molecule has 0 spiro atoms. The van der Waals surface area contributed by atoms with Crippen LogP contribution >= 0.6 is 0 Å². The fourth-order valence-electron chi connectivity index (χ4n) is 2.24. The summed E-state index contributed by atoms with van der Waals surface area (Å²) in [5.41, 5.74) is 1.37. The summed E-state index contributed by atoms with van der Waals surface area (Å²) in [7, 11) is 1.65. The first-order chi connectivity index (χ1) is 9.63.